The minimum atomic E-state index is -3.84. The molecular weight excluding hydrogens is 250 g/mol. The summed E-state index contributed by atoms with van der Waals surface area (Å²) in [6, 6.07) is 10.1. The molecule has 0 amide bonds. The van der Waals surface area contributed by atoms with Gasteiger partial charge in [0.25, 0.3) is 10.1 Å². The number of rotatable bonds is 7. The Bertz CT molecular complexity index is 454. The molecule has 18 heavy (non-hydrogen) atoms. The highest BCUT2D eigenvalue weighted by Crippen LogP contribution is 2.12. The monoisotopic (exact) mass is 271 g/mol. The maximum Gasteiger partial charge on any atom is 0.264 e. The van der Waals surface area contributed by atoms with Crippen LogP contribution in [-0.4, -0.2) is 30.8 Å². The fourth-order valence-corrected chi connectivity index (χ4v) is 2.36. The molecular formula is C13H21NO3S. The van der Waals surface area contributed by atoms with Crippen LogP contribution in [0.5, 0.6) is 0 Å². The van der Waals surface area contributed by atoms with Gasteiger partial charge in [0.15, 0.2) is 0 Å². The van der Waals surface area contributed by atoms with Gasteiger partial charge in [-0.3, -0.25) is 4.55 Å². The second kappa shape index (κ2) is 6.31. The molecule has 0 aromatic heterocycles. The lowest BCUT2D eigenvalue weighted by Crippen LogP contribution is -2.42. The highest BCUT2D eigenvalue weighted by Gasteiger charge is 2.17. The predicted octanol–water partition coefficient (Wildman–Crippen LogP) is 1.88. The van der Waals surface area contributed by atoms with E-state index >= 15 is 0 Å². The van der Waals surface area contributed by atoms with Crippen LogP contribution in [0.2, 0.25) is 0 Å². The van der Waals surface area contributed by atoms with Crippen molar-refractivity contribution in [1.82, 2.24) is 5.32 Å². The van der Waals surface area contributed by atoms with Gasteiger partial charge in [0.05, 0.1) is 5.75 Å². The van der Waals surface area contributed by atoms with E-state index in [9.17, 15) is 8.42 Å². The van der Waals surface area contributed by atoms with Crippen molar-refractivity contribution in [3.8, 4) is 0 Å². The molecule has 0 saturated heterocycles. The van der Waals surface area contributed by atoms with Gasteiger partial charge >= 0.3 is 0 Å². The Morgan fingerprint density at radius 2 is 1.83 bits per heavy atom. The lowest BCUT2D eigenvalue weighted by atomic mass is 9.95. The molecule has 0 aliphatic rings. The van der Waals surface area contributed by atoms with Crippen molar-refractivity contribution < 1.29 is 13.0 Å². The van der Waals surface area contributed by atoms with Crippen LogP contribution in [-0.2, 0) is 16.5 Å². The Hall–Kier alpha value is -0.910. The molecule has 0 bridgehead atoms. The third-order valence-corrected chi connectivity index (χ3v) is 3.48. The standard InChI is InChI=1S/C13H21NO3S/c1-13(2,11-12-7-4-3-5-8-12)14-9-6-10-18(15,16)17/h3-5,7-8,14H,6,9-11H2,1-2H3,(H,15,16,17). The van der Waals surface area contributed by atoms with Gasteiger partial charge in [0.2, 0.25) is 0 Å². The molecule has 1 aromatic carbocycles. The Balaban J connectivity index is 2.36. The summed E-state index contributed by atoms with van der Waals surface area (Å²) in [5.74, 6) is -0.193. The van der Waals surface area contributed by atoms with Crippen molar-refractivity contribution in [3.63, 3.8) is 0 Å². The molecule has 5 heteroatoms. The molecule has 1 aromatic rings. The van der Waals surface area contributed by atoms with E-state index in [0.717, 1.165) is 6.42 Å². The zero-order valence-corrected chi connectivity index (χ0v) is 11.7. The van der Waals surface area contributed by atoms with Crippen LogP contribution in [0.15, 0.2) is 30.3 Å². The Morgan fingerprint density at radius 3 is 2.39 bits per heavy atom. The molecule has 0 atom stereocenters. The molecule has 0 fully saturated rings. The van der Waals surface area contributed by atoms with Crippen molar-refractivity contribution in [2.45, 2.75) is 32.2 Å². The topological polar surface area (TPSA) is 66.4 Å². The largest absolute Gasteiger partial charge is 0.311 e. The summed E-state index contributed by atoms with van der Waals surface area (Å²) in [5, 5.41) is 3.30. The minimum absolute atomic E-state index is 0.0967. The lowest BCUT2D eigenvalue weighted by Gasteiger charge is -2.26. The molecule has 2 N–H and O–H groups in total. The van der Waals surface area contributed by atoms with Crippen LogP contribution in [0.25, 0.3) is 0 Å². The summed E-state index contributed by atoms with van der Waals surface area (Å²) < 4.78 is 29.8. The van der Waals surface area contributed by atoms with Crippen molar-refractivity contribution >= 4 is 10.1 Å². The molecule has 0 aliphatic carbocycles. The van der Waals surface area contributed by atoms with Crippen LogP contribution >= 0.6 is 0 Å². The van der Waals surface area contributed by atoms with Gasteiger partial charge in [-0.2, -0.15) is 8.42 Å². The van der Waals surface area contributed by atoms with E-state index in [1.807, 2.05) is 18.2 Å². The number of hydrogen-bond donors (Lipinski definition) is 2. The molecule has 0 aliphatic heterocycles. The summed E-state index contributed by atoms with van der Waals surface area (Å²) in [4.78, 5) is 0. The molecule has 0 spiro atoms. The summed E-state index contributed by atoms with van der Waals surface area (Å²) in [6.07, 6.45) is 1.29. The quantitative estimate of drug-likeness (QED) is 0.587. The van der Waals surface area contributed by atoms with Crippen molar-refractivity contribution in [2.75, 3.05) is 12.3 Å². The van der Waals surface area contributed by atoms with Crippen LogP contribution in [0, 0.1) is 0 Å². The zero-order valence-electron chi connectivity index (χ0n) is 10.9. The van der Waals surface area contributed by atoms with E-state index in [2.05, 4.69) is 31.3 Å². The number of nitrogens with one attached hydrogen (secondary N) is 1. The molecule has 4 nitrogen and oxygen atoms in total. The lowest BCUT2D eigenvalue weighted by molar-refractivity contribution is 0.385. The SMILES string of the molecule is CC(C)(Cc1ccccc1)NCCCS(=O)(=O)O. The maximum atomic E-state index is 10.6. The first kappa shape index (κ1) is 15.1. The second-order valence-electron chi connectivity index (χ2n) is 5.11. The van der Waals surface area contributed by atoms with Gasteiger partial charge in [-0.25, -0.2) is 0 Å². The van der Waals surface area contributed by atoms with Gasteiger partial charge in [0, 0.05) is 5.54 Å². The number of benzene rings is 1. The van der Waals surface area contributed by atoms with Gasteiger partial charge in [-0.05, 0) is 38.8 Å². The first-order valence-corrected chi connectivity index (χ1v) is 7.64. The smallest absolute Gasteiger partial charge is 0.264 e. The van der Waals surface area contributed by atoms with E-state index in [1.54, 1.807) is 0 Å². The fourth-order valence-electron chi connectivity index (χ4n) is 1.85. The Labute approximate surface area is 109 Å². The molecule has 0 heterocycles. The van der Waals surface area contributed by atoms with Crippen molar-refractivity contribution in [2.24, 2.45) is 0 Å². The first-order valence-electron chi connectivity index (χ1n) is 6.03. The Morgan fingerprint density at radius 1 is 1.22 bits per heavy atom. The first-order chi connectivity index (χ1) is 8.29. The second-order valence-corrected chi connectivity index (χ2v) is 6.68. The van der Waals surface area contributed by atoms with Crippen molar-refractivity contribution in [1.29, 1.82) is 0 Å². The normalized spacial score (nSPS) is 12.6. The predicted molar refractivity (Wildman–Crippen MR) is 73.3 cm³/mol. The minimum Gasteiger partial charge on any atom is -0.311 e. The molecule has 0 radical (unpaired) electrons. The molecule has 0 saturated carbocycles. The average molecular weight is 271 g/mol. The third-order valence-electron chi connectivity index (χ3n) is 2.67. The molecule has 0 unspecified atom stereocenters. The summed E-state index contributed by atoms with van der Waals surface area (Å²) >= 11 is 0. The highest BCUT2D eigenvalue weighted by molar-refractivity contribution is 7.85. The van der Waals surface area contributed by atoms with Crippen LogP contribution in [0.4, 0.5) is 0 Å². The van der Waals surface area contributed by atoms with E-state index in [0.29, 0.717) is 13.0 Å². The average Bonchev–Trinajstić information content (AvgIpc) is 2.24. The van der Waals surface area contributed by atoms with E-state index < -0.39 is 10.1 Å². The molecule has 1 rings (SSSR count). The fraction of sp³-hybridized carbons (Fsp3) is 0.538. The van der Waals surface area contributed by atoms with Gasteiger partial charge < -0.3 is 5.32 Å². The van der Waals surface area contributed by atoms with Crippen molar-refractivity contribution in [3.05, 3.63) is 35.9 Å². The van der Waals surface area contributed by atoms with Crippen LogP contribution in [0.3, 0.4) is 0 Å². The zero-order chi connectivity index (χ0) is 13.6. The summed E-state index contributed by atoms with van der Waals surface area (Å²) in [6.45, 7) is 4.72. The molecule has 102 valence electrons. The van der Waals surface area contributed by atoms with Gasteiger partial charge in [-0.15, -0.1) is 0 Å². The van der Waals surface area contributed by atoms with Crippen LogP contribution < -0.4 is 5.32 Å². The van der Waals surface area contributed by atoms with Gasteiger partial charge in [0.1, 0.15) is 0 Å². The van der Waals surface area contributed by atoms with E-state index in [1.165, 1.54) is 5.56 Å². The van der Waals surface area contributed by atoms with E-state index in [-0.39, 0.29) is 11.3 Å². The third kappa shape index (κ3) is 6.74. The summed E-state index contributed by atoms with van der Waals surface area (Å²) in [5.41, 5.74) is 1.14. The maximum absolute atomic E-state index is 10.6. The van der Waals surface area contributed by atoms with E-state index in [4.69, 9.17) is 4.55 Å². The van der Waals surface area contributed by atoms with Gasteiger partial charge in [-0.1, -0.05) is 30.3 Å². The highest BCUT2D eigenvalue weighted by atomic mass is 32.2. The number of hydrogen-bond acceptors (Lipinski definition) is 3. The summed E-state index contributed by atoms with van der Waals surface area (Å²) in [7, 11) is -3.84. The Kier molecular flexibility index (Phi) is 5.31. The van der Waals surface area contributed by atoms with Crippen LogP contribution in [0.1, 0.15) is 25.8 Å².